The summed E-state index contributed by atoms with van der Waals surface area (Å²) in [6, 6.07) is 15.1. The number of benzene rings is 2. The van der Waals surface area contributed by atoms with Crippen molar-refractivity contribution < 1.29 is 19.1 Å². The number of nitrogens with zero attached hydrogens (tertiary/aromatic N) is 1. The Hall–Kier alpha value is -2.86. The van der Waals surface area contributed by atoms with Crippen molar-refractivity contribution in [2.24, 2.45) is 0 Å². The largest absolute Gasteiger partial charge is 0.478 e. The highest BCUT2D eigenvalue weighted by molar-refractivity contribution is 5.76. The highest BCUT2D eigenvalue weighted by atomic mass is 16.5. The Morgan fingerprint density at radius 1 is 1.27 bits per heavy atom. The van der Waals surface area contributed by atoms with E-state index in [0.29, 0.717) is 18.2 Å². The van der Waals surface area contributed by atoms with E-state index in [9.17, 15) is 9.90 Å². The van der Waals surface area contributed by atoms with Crippen molar-refractivity contribution in [3.05, 3.63) is 60.0 Å². The molecule has 0 aliphatic carbocycles. The molecule has 0 bridgehead atoms. The van der Waals surface area contributed by atoms with Crippen LogP contribution in [-0.2, 0) is 11.3 Å². The summed E-state index contributed by atoms with van der Waals surface area (Å²) >= 11 is 0. The van der Waals surface area contributed by atoms with Crippen LogP contribution in [0.25, 0.3) is 11.1 Å². The molecule has 0 amide bonds. The third kappa shape index (κ3) is 4.03. The number of aromatic nitrogens is 1. The van der Waals surface area contributed by atoms with E-state index in [-0.39, 0.29) is 6.04 Å². The second kappa shape index (κ2) is 7.17. The highest BCUT2D eigenvalue weighted by Gasteiger charge is 2.29. The smallest absolute Gasteiger partial charge is 0.347 e. The number of para-hydroxylation sites is 2. The van der Waals surface area contributed by atoms with Gasteiger partial charge in [-0.25, -0.2) is 9.78 Å². The summed E-state index contributed by atoms with van der Waals surface area (Å²) in [6.45, 7) is 5.56. The monoisotopic (exact) mass is 354 g/mol. The first-order valence-corrected chi connectivity index (χ1v) is 8.45. The van der Waals surface area contributed by atoms with Crippen LogP contribution in [0.1, 0.15) is 38.3 Å². The minimum atomic E-state index is -1.28. The van der Waals surface area contributed by atoms with Gasteiger partial charge in [0.2, 0.25) is 5.89 Å². The lowest BCUT2D eigenvalue weighted by Crippen LogP contribution is -2.37. The molecule has 2 aromatic carbocycles. The number of fused-ring (bicyclic) bond motifs is 1. The van der Waals surface area contributed by atoms with E-state index < -0.39 is 11.6 Å². The molecular weight excluding hydrogens is 332 g/mol. The van der Waals surface area contributed by atoms with Gasteiger partial charge in [-0.3, -0.25) is 0 Å². The lowest BCUT2D eigenvalue weighted by molar-refractivity contribution is -0.152. The third-order valence-electron chi connectivity index (χ3n) is 4.14. The van der Waals surface area contributed by atoms with Crippen molar-refractivity contribution >= 4 is 17.1 Å². The molecule has 1 heterocycles. The van der Waals surface area contributed by atoms with E-state index in [1.807, 2.05) is 49.4 Å². The highest BCUT2D eigenvalue weighted by Crippen LogP contribution is 2.23. The van der Waals surface area contributed by atoms with E-state index in [1.165, 1.54) is 13.8 Å². The first-order chi connectivity index (χ1) is 12.3. The second-order valence-corrected chi connectivity index (χ2v) is 6.67. The molecule has 2 N–H and O–H groups in total. The quantitative estimate of drug-likeness (QED) is 0.669. The standard InChI is InChI=1S/C20H22N2O4/c1-13(21-12-18-22-16-9-4-5-10-17(16)25-18)14-7-6-8-15(11-14)26-20(2,3)19(23)24/h4-11,13,21H,12H2,1-3H3,(H,23,24). The Morgan fingerprint density at radius 2 is 2.04 bits per heavy atom. The fourth-order valence-electron chi connectivity index (χ4n) is 2.54. The zero-order chi connectivity index (χ0) is 18.7. The van der Waals surface area contributed by atoms with E-state index in [1.54, 1.807) is 6.07 Å². The zero-order valence-corrected chi connectivity index (χ0v) is 15.0. The molecule has 0 saturated carbocycles. The normalized spacial score (nSPS) is 12.9. The maximum absolute atomic E-state index is 11.2. The zero-order valence-electron chi connectivity index (χ0n) is 15.0. The van der Waals surface area contributed by atoms with Crippen LogP contribution < -0.4 is 10.1 Å². The first kappa shape index (κ1) is 17.9. The summed E-state index contributed by atoms with van der Waals surface area (Å²) in [5.41, 5.74) is 1.30. The van der Waals surface area contributed by atoms with Crippen LogP contribution in [-0.4, -0.2) is 21.7 Å². The van der Waals surface area contributed by atoms with Crippen molar-refractivity contribution in [2.45, 2.75) is 39.0 Å². The molecule has 6 heteroatoms. The van der Waals surface area contributed by atoms with Crippen LogP contribution in [0, 0.1) is 0 Å². The number of nitrogens with one attached hydrogen (secondary N) is 1. The summed E-state index contributed by atoms with van der Waals surface area (Å²) in [4.78, 5) is 15.7. The lowest BCUT2D eigenvalue weighted by atomic mass is 10.1. The van der Waals surface area contributed by atoms with E-state index >= 15 is 0 Å². The van der Waals surface area contributed by atoms with E-state index in [0.717, 1.165) is 16.7 Å². The average Bonchev–Trinajstić information content (AvgIpc) is 3.02. The topological polar surface area (TPSA) is 84.6 Å². The van der Waals surface area contributed by atoms with Gasteiger partial charge in [0.25, 0.3) is 0 Å². The molecule has 3 rings (SSSR count). The van der Waals surface area contributed by atoms with Gasteiger partial charge in [-0.1, -0.05) is 24.3 Å². The van der Waals surface area contributed by atoms with Gasteiger partial charge in [0, 0.05) is 6.04 Å². The molecule has 6 nitrogen and oxygen atoms in total. The molecule has 1 unspecified atom stereocenters. The van der Waals surface area contributed by atoms with Crippen LogP contribution in [0.3, 0.4) is 0 Å². The van der Waals surface area contributed by atoms with Crippen LogP contribution in [0.5, 0.6) is 5.75 Å². The summed E-state index contributed by atoms with van der Waals surface area (Å²) in [6.07, 6.45) is 0. The first-order valence-electron chi connectivity index (χ1n) is 8.45. The van der Waals surface area contributed by atoms with Crippen LogP contribution >= 0.6 is 0 Å². The Morgan fingerprint density at radius 3 is 2.77 bits per heavy atom. The lowest BCUT2D eigenvalue weighted by Gasteiger charge is -2.22. The number of ether oxygens (including phenoxy) is 1. The van der Waals surface area contributed by atoms with Crippen molar-refractivity contribution in [3.63, 3.8) is 0 Å². The summed E-state index contributed by atoms with van der Waals surface area (Å²) < 4.78 is 11.3. The van der Waals surface area contributed by atoms with Crippen molar-refractivity contribution in [3.8, 4) is 5.75 Å². The predicted octanol–water partition coefficient (Wildman–Crippen LogP) is 3.92. The van der Waals surface area contributed by atoms with Crippen molar-refractivity contribution in [1.82, 2.24) is 10.3 Å². The molecule has 0 saturated heterocycles. The van der Waals surface area contributed by atoms with Crippen LogP contribution in [0.15, 0.2) is 52.9 Å². The number of carboxylic acids is 1. The number of carbonyl (C=O) groups is 1. The Balaban J connectivity index is 1.66. The van der Waals surface area contributed by atoms with E-state index in [2.05, 4.69) is 10.3 Å². The van der Waals surface area contributed by atoms with E-state index in [4.69, 9.17) is 9.15 Å². The number of carboxylic acid groups (broad SMARTS) is 1. The van der Waals surface area contributed by atoms with Crippen molar-refractivity contribution in [1.29, 1.82) is 0 Å². The number of hydrogen-bond acceptors (Lipinski definition) is 5. The molecule has 3 aromatic rings. The van der Waals surface area contributed by atoms with Gasteiger partial charge in [-0.05, 0) is 50.6 Å². The van der Waals surface area contributed by atoms with Gasteiger partial charge in [-0.2, -0.15) is 0 Å². The Labute approximate surface area is 151 Å². The molecule has 0 fully saturated rings. The summed E-state index contributed by atoms with van der Waals surface area (Å²) in [5, 5.41) is 12.6. The van der Waals surface area contributed by atoms with Gasteiger partial charge < -0.3 is 19.6 Å². The minimum Gasteiger partial charge on any atom is -0.478 e. The molecule has 1 aromatic heterocycles. The van der Waals surface area contributed by atoms with Crippen LogP contribution in [0.2, 0.25) is 0 Å². The summed E-state index contributed by atoms with van der Waals surface area (Å²) in [5.74, 6) is 0.132. The fraction of sp³-hybridized carbons (Fsp3) is 0.300. The molecule has 0 aliphatic rings. The molecule has 0 aliphatic heterocycles. The number of rotatable bonds is 7. The third-order valence-corrected chi connectivity index (χ3v) is 4.14. The average molecular weight is 354 g/mol. The molecular formula is C20H22N2O4. The molecule has 0 spiro atoms. The number of oxazole rings is 1. The molecule has 1 atom stereocenters. The SMILES string of the molecule is CC(NCc1nc2ccccc2o1)c1cccc(OC(C)(C)C(=O)O)c1. The Bertz CT molecular complexity index is 884. The van der Waals surface area contributed by atoms with Gasteiger partial charge in [0.05, 0.1) is 6.54 Å². The number of hydrogen-bond donors (Lipinski definition) is 2. The molecule has 136 valence electrons. The van der Waals surface area contributed by atoms with Crippen molar-refractivity contribution in [2.75, 3.05) is 0 Å². The maximum Gasteiger partial charge on any atom is 0.347 e. The second-order valence-electron chi connectivity index (χ2n) is 6.67. The van der Waals surface area contributed by atoms with Crippen LogP contribution in [0.4, 0.5) is 0 Å². The predicted molar refractivity (Wildman–Crippen MR) is 98.0 cm³/mol. The van der Waals surface area contributed by atoms with Gasteiger partial charge in [0.15, 0.2) is 11.2 Å². The Kier molecular flexibility index (Phi) is 4.95. The maximum atomic E-state index is 11.2. The number of aliphatic carboxylic acids is 1. The van der Waals surface area contributed by atoms with Gasteiger partial charge >= 0.3 is 5.97 Å². The molecule has 26 heavy (non-hydrogen) atoms. The summed E-state index contributed by atoms with van der Waals surface area (Å²) in [7, 11) is 0. The van der Waals surface area contributed by atoms with Gasteiger partial charge in [0.1, 0.15) is 11.3 Å². The minimum absolute atomic E-state index is 0.0153. The van der Waals surface area contributed by atoms with Gasteiger partial charge in [-0.15, -0.1) is 0 Å². The fourth-order valence-corrected chi connectivity index (χ4v) is 2.54. The molecule has 0 radical (unpaired) electrons.